The van der Waals surface area contributed by atoms with Gasteiger partial charge in [0.15, 0.2) is 0 Å². The Morgan fingerprint density at radius 2 is 2.06 bits per heavy atom. The lowest BCUT2D eigenvalue weighted by Gasteiger charge is -2.15. The van der Waals surface area contributed by atoms with Crippen LogP contribution in [-0.4, -0.2) is 25.6 Å². The molecule has 1 rings (SSSR count). The lowest BCUT2D eigenvalue weighted by Crippen LogP contribution is -2.44. The Labute approximate surface area is 109 Å². The molecule has 1 amide bonds. The molecular formula is C14H22N2O2. The van der Waals surface area contributed by atoms with Crippen LogP contribution in [0.3, 0.4) is 0 Å². The molecule has 1 aromatic carbocycles. The highest BCUT2D eigenvalue weighted by Crippen LogP contribution is 2.17. The van der Waals surface area contributed by atoms with E-state index in [0.29, 0.717) is 6.54 Å². The van der Waals surface area contributed by atoms with E-state index in [1.807, 2.05) is 38.1 Å². The fraction of sp³-hybridized carbons (Fsp3) is 0.500. The maximum Gasteiger partial charge on any atom is 0.237 e. The van der Waals surface area contributed by atoms with Crippen LogP contribution in [0.15, 0.2) is 24.3 Å². The third-order valence-corrected chi connectivity index (χ3v) is 2.91. The Kier molecular flexibility index (Phi) is 5.65. The summed E-state index contributed by atoms with van der Waals surface area (Å²) in [6, 6.07) is 7.35. The lowest BCUT2D eigenvalue weighted by atomic mass is 10.0. The van der Waals surface area contributed by atoms with Crippen LogP contribution < -0.4 is 15.8 Å². The van der Waals surface area contributed by atoms with Crippen LogP contribution in [0, 0.1) is 5.92 Å². The van der Waals surface area contributed by atoms with Crippen molar-refractivity contribution >= 4 is 5.91 Å². The van der Waals surface area contributed by atoms with E-state index < -0.39 is 6.04 Å². The van der Waals surface area contributed by atoms with Crippen LogP contribution in [0.1, 0.15) is 19.4 Å². The van der Waals surface area contributed by atoms with Gasteiger partial charge in [-0.2, -0.15) is 0 Å². The molecule has 0 saturated carbocycles. The summed E-state index contributed by atoms with van der Waals surface area (Å²) in [4.78, 5) is 11.7. The van der Waals surface area contributed by atoms with Crippen LogP contribution >= 0.6 is 0 Å². The Hall–Kier alpha value is -1.55. The van der Waals surface area contributed by atoms with Crippen LogP contribution in [-0.2, 0) is 11.2 Å². The van der Waals surface area contributed by atoms with E-state index in [1.54, 1.807) is 7.11 Å². The van der Waals surface area contributed by atoms with Crippen molar-refractivity contribution in [2.75, 3.05) is 13.7 Å². The molecule has 4 nitrogen and oxygen atoms in total. The number of benzene rings is 1. The summed E-state index contributed by atoms with van der Waals surface area (Å²) in [5.41, 5.74) is 6.84. The summed E-state index contributed by atoms with van der Waals surface area (Å²) < 4.78 is 5.25. The number of hydrogen-bond donors (Lipinski definition) is 2. The molecule has 0 fully saturated rings. The monoisotopic (exact) mass is 250 g/mol. The van der Waals surface area contributed by atoms with Crippen molar-refractivity contribution in [3.63, 3.8) is 0 Å². The number of hydrogen-bond acceptors (Lipinski definition) is 3. The minimum absolute atomic E-state index is 0.0973. The molecule has 100 valence electrons. The number of nitrogens with two attached hydrogens (primary N) is 1. The van der Waals surface area contributed by atoms with Crippen LogP contribution in [0.4, 0.5) is 0 Å². The number of ether oxygens (including phenoxy) is 1. The average Bonchev–Trinajstić information content (AvgIpc) is 2.38. The van der Waals surface area contributed by atoms with Crippen molar-refractivity contribution < 1.29 is 9.53 Å². The number of nitrogens with one attached hydrogen (secondary N) is 1. The average molecular weight is 250 g/mol. The predicted molar refractivity (Wildman–Crippen MR) is 72.5 cm³/mol. The summed E-state index contributed by atoms with van der Waals surface area (Å²) in [6.45, 7) is 4.44. The van der Waals surface area contributed by atoms with Gasteiger partial charge in [-0.3, -0.25) is 4.79 Å². The molecule has 0 heterocycles. The van der Waals surface area contributed by atoms with Crippen molar-refractivity contribution in [2.45, 2.75) is 26.3 Å². The first-order valence-corrected chi connectivity index (χ1v) is 6.21. The quantitative estimate of drug-likeness (QED) is 0.800. The maximum absolute atomic E-state index is 11.7. The Balaban J connectivity index is 2.44. The summed E-state index contributed by atoms with van der Waals surface area (Å²) >= 11 is 0. The number of carbonyl (C=O) groups is 1. The van der Waals surface area contributed by atoms with E-state index >= 15 is 0 Å². The number of methoxy groups -OCH3 is 1. The van der Waals surface area contributed by atoms with E-state index in [0.717, 1.165) is 17.7 Å². The molecule has 0 aromatic heterocycles. The molecule has 1 atom stereocenters. The number of rotatable bonds is 6. The third-order valence-electron chi connectivity index (χ3n) is 2.91. The van der Waals surface area contributed by atoms with Gasteiger partial charge < -0.3 is 15.8 Å². The van der Waals surface area contributed by atoms with E-state index in [1.165, 1.54) is 0 Å². The highest BCUT2D eigenvalue weighted by Gasteiger charge is 2.16. The second-order valence-electron chi connectivity index (χ2n) is 4.62. The third kappa shape index (κ3) is 4.04. The van der Waals surface area contributed by atoms with Gasteiger partial charge in [-0.25, -0.2) is 0 Å². The van der Waals surface area contributed by atoms with Crippen LogP contribution in [0.25, 0.3) is 0 Å². The van der Waals surface area contributed by atoms with Crippen LogP contribution in [0.2, 0.25) is 0 Å². The molecular weight excluding hydrogens is 228 g/mol. The van der Waals surface area contributed by atoms with Gasteiger partial charge in [0, 0.05) is 6.54 Å². The smallest absolute Gasteiger partial charge is 0.237 e. The van der Waals surface area contributed by atoms with Gasteiger partial charge in [-0.15, -0.1) is 0 Å². The molecule has 1 unspecified atom stereocenters. The molecule has 0 radical (unpaired) electrons. The molecule has 3 N–H and O–H groups in total. The van der Waals surface area contributed by atoms with Gasteiger partial charge in [0.05, 0.1) is 13.2 Å². The van der Waals surface area contributed by atoms with Crippen molar-refractivity contribution in [1.29, 1.82) is 0 Å². The largest absolute Gasteiger partial charge is 0.496 e. The van der Waals surface area contributed by atoms with Crippen molar-refractivity contribution in [2.24, 2.45) is 11.7 Å². The van der Waals surface area contributed by atoms with Crippen molar-refractivity contribution in [1.82, 2.24) is 5.32 Å². The zero-order valence-corrected chi connectivity index (χ0v) is 11.3. The number of carbonyl (C=O) groups excluding carboxylic acids is 1. The second kappa shape index (κ2) is 7.01. The first-order chi connectivity index (χ1) is 8.56. The molecule has 0 bridgehead atoms. The van der Waals surface area contributed by atoms with Gasteiger partial charge in [-0.05, 0) is 24.0 Å². The minimum Gasteiger partial charge on any atom is -0.496 e. The van der Waals surface area contributed by atoms with Gasteiger partial charge in [0.2, 0.25) is 5.91 Å². The summed E-state index contributed by atoms with van der Waals surface area (Å²) in [6.07, 6.45) is 0.737. The minimum atomic E-state index is -0.442. The van der Waals surface area contributed by atoms with E-state index in [2.05, 4.69) is 5.32 Å². The zero-order chi connectivity index (χ0) is 13.5. The molecule has 0 aliphatic heterocycles. The van der Waals surface area contributed by atoms with Crippen LogP contribution in [0.5, 0.6) is 5.75 Å². The van der Waals surface area contributed by atoms with Gasteiger partial charge in [0.1, 0.15) is 5.75 Å². The second-order valence-corrected chi connectivity index (χ2v) is 4.62. The number of para-hydroxylation sites is 1. The molecule has 0 aliphatic carbocycles. The Morgan fingerprint density at radius 1 is 1.39 bits per heavy atom. The predicted octanol–water partition coefficient (Wildman–Crippen LogP) is 1.34. The first-order valence-electron chi connectivity index (χ1n) is 6.21. The summed E-state index contributed by atoms with van der Waals surface area (Å²) in [5, 5.41) is 2.84. The van der Waals surface area contributed by atoms with E-state index in [9.17, 15) is 4.79 Å². The fourth-order valence-corrected chi connectivity index (χ4v) is 1.65. The molecule has 18 heavy (non-hydrogen) atoms. The first kappa shape index (κ1) is 14.5. The molecule has 0 saturated heterocycles. The molecule has 1 aromatic rings. The SMILES string of the molecule is COc1ccccc1CCNC(=O)C(N)C(C)C. The van der Waals surface area contributed by atoms with Crippen molar-refractivity contribution in [3.05, 3.63) is 29.8 Å². The zero-order valence-electron chi connectivity index (χ0n) is 11.3. The highest BCUT2D eigenvalue weighted by molar-refractivity contribution is 5.81. The molecule has 0 spiro atoms. The van der Waals surface area contributed by atoms with E-state index in [-0.39, 0.29) is 11.8 Å². The topological polar surface area (TPSA) is 64.3 Å². The van der Waals surface area contributed by atoms with Gasteiger partial charge in [-0.1, -0.05) is 32.0 Å². The Bertz CT molecular complexity index is 391. The van der Waals surface area contributed by atoms with Gasteiger partial charge >= 0.3 is 0 Å². The van der Waals surface area contributed by atoms with Gasteiger partial charge in [0.25, 0.3) is 0 Å². The standard InChI is InChI=1S/C14H22N2O2/c1-10(2)13(15)14(17)16-9-8-11-6-4-5-7-12(11)18-3/h4-7,10,13H,8-9,15H2,1-3H3,(H,16,17). The van der Waals surface area contributed by atoms with E-state index in [4.69, 9.17) is 10.5 Å². The normalized spacial score (nSPS) is 12.3. The Morgan fingerprint density at radius 3 is 2.67 bits per heavy atom. The van der Waals surface area contributed by atoms with Crippen molar-refractivity contribution in [3.8, 4) is 5.75 Å². The maximum atomic E-state index is 11.7. The summed E-state index contributed by atoms with van der Waals surface area (Å²) in [5.74, 6) is 0.899. The highest BCUT2D eigenvalue weighted by atomic mass is 16.5. The fourth-order valence-electron chi connectivity index (χ4n) is 1.65. The molecule has 4 heteroatoms. The lowest BCUT2D eigenvalue weighted by molar-refractivity contribution is -0.123. The molecule has 0 aliphatic rings. The number of amides is 1. The summed E-state index contributed by atoms with van der Waals surface area (Å²) in [7, 11) is 1.64.